The van der Waals surface area contributed by atoms with Gasteiger partial charge in [0.25, 0.3) is 5.91 Å². The number of carbonyl (C=O) groups is 2. The Balaban J connectivity index is 1.50. The third-order valence-corrected chi connectivity index (χ3v) is 5.55. The Hall–Kier alpha value is -1.95. The predicted molar refractivity (Wildman–Crippen MR) is 89.4 cm³/mol. The van der Waals surface area contributed by atoms with Crippen molar-refractivity contribution < 1.29 is 9.59 Å². The highest BCUT2D eigenvalue weighted by molar-refractivity contribution is 6.04. The van der Waals surface area contributed by atoms with Crippen molar-refractivity contribution in [2.24, 2.45) is 0 Å². The van der Waals surface area contributed by atoms with Crippen molar-refractivity contribution in [1.82, 2.24) is 19.7 Å². The van der Waals surface area contributed by atoms with Crippen molar-refractivity contribution in [2.45, 2.75) is 45.2 Å². The average molecular weight is 328 g/mol. The number of hydrogen-bond acceptors (Lipinski definition) is 4. The number of aryl methyl sites for hydroxylation is 1. The van der Waals surface area contributed by atoms with Crippen LogP contribution in [0.2, 0.25) is 0 Å². The largest absolute Gasteiger partial charge is 0.327 e. The molecular formula is C18H24N4O2. The zero-order valence-corrected chi connectivity index (χ0v) is 14.2. The summed E-state index contributed by atoms with van der Waals surface area (Å²) in [7, 11) is 0. The van der Waals surface area contributed by atoms with E-state index >= 15 is 0 Å². The Bertz CT molecular complexity index is 675. The minimum Gasteiger partial charge on any atom is -0.310 e. The molecule has 0 bridgehead atoms. The van der Waals surface area contributed by atoms with E-state index in [2.05, 4.69) is 16.0 Å². The van der Waals surface area contributed by atoms with Gasteiger partial charge in [0.15, 0.2) is 0 Å². The van der Waals surface area contributed by atoms with E-state index in [0.717, 1.165) is 31.6 Å². The van der Waals surface area contributed by atoms with Gasteiger partial charge < -0.3 is 4.90 Å². The zero-order valence-electron chi connectivity index (χ0n) is 14.2. The Labute approximate surface area is 142 Å². The molecule has 0 spiro atoms. The highest BCUT2D eigenvalue weighted by Gasteiger charge is 2.46. The summed E-state index contributed by atoms with van der Waals surface area (Å²) in [6, 6.07) is 1.71. The van der Waals surface area contributed by atoms with Crippen LogP contribution in [0.4, 0.5) is 4.79 Å². The molecule has 24 heavy (non-hydrogen) atoms. The van der Waals surface area contributed by atoms with Crippen LogP contribution < -0.4 is 0 Å². The van der Waals surface area contributed by atoms with Crippen LogP contribution in [0.1, 0.15) is 36.6 Å². The minimum atomic E-state index is -0.314. The molecule has 0 saturated carbocycles. The summed E-state index contributed by atoms with van der Waals surface area (Å²) in [4.78, 5) is 34.7. The lowest BCUT2D eigenvalue weighted by Gasteiger charge is -2.35. The van der Waals surface area contributed by atoms with Crippen molar-refractivity contribution in [3.05, 3.63) is 29.1 Å². The molecule has 1 atom stereocenters. The quantitative estimate of drug-likeness (QED) is 0.788. The van der Waals surface area contributed by atoms with Crippen LogP contribution in [0.5, 0.6) is 0 Å². The van der Waals surface area contributed by atoms with Gasteiger partial charge in [-0.3, -0.25) is 19.6 Å². The van der Waals surface area contributed by atoms with E-state index in [1.807, 2.05) is 13.1 Å². The van der Waals surface area contributed by atoms with Gasteiger partial charge in [-0.2, -0.15) is 0 Å². The summed E-state index contributed by atoms with van der Waals surface area (Å²) in [5.74, 6) is -0.0461. The maximum absolute atomic E-state index is 12.4. The fraction of sp³-hybridized carbons (Fsp3) is 0.611. The maximum Gasteiger partial charge on any atom is 0.327 e. The number of hydrogen-bond donors (Lipinski definition) is 0. The summed E-state index contributed by atoms with van der Waals surface area (Å²) in [6.07, 6.45) is 6.68. The van der Waals surface area contributed by atoms with Crippen LogP contribution >= 0.6 is 0 Å². The molecular weight excluding hydrogens is 304 g/mol. The number of carbonyl (C=O) groups excluding carboxylic acids is 2. The Morgan fingerprint density at radius 1 is 1.21 bits per heavy atom. The van der Waals surface area contributed by atoms with E-state index in [-0.39, 0.29) is 18.0 Å². The summed E-state index contributed by atoms with van der Waals surface area (Å²) in [5.41, 5.74) is 4.01. The molecule has 2 saturated heterocycles. The number of urea groups is 1. The first kappa shape index (κ1) is 15.6. The van der Waals surface area contributed by atoms with Crippen molar-refractivity contribution >= 4 is 11.9 Å². The minimum absolute atomic E-state index is 0.0461. The van der Waals surface area contributed by atoms with Crippen molar-refractivity contribution in [3.8, 4) is 0 Å². The Morgan fingerprint density at radius 3 is 2.88 bits per heavy atom. The van der Waals surface area contributed by atoms with Gasteiger partial charge in [-0.15, -0.1) is 0 Å². The Kier molecular flexibility index (Phi) is 4.00. The molecule has 3 aliphatic rings. The molecule has 6 heteroatoms. The fourth-order valence-corrected chi connectivity index (χ4v) is 4.23. The highest BCUT2D eigenvalue weighted by atomic mass is 16.2. The van der Waals surface area contributed by atoms with Gasteiger partial charge in [-0.05, 0) is 49.8 Å². The zero-order chi connectivity index (χ0) is 16.7. The smallest absolute Gasteiger partial charge is 0.310 e. The van der Waals surface area contributed by atoms with E-state index in [1.165, 1.54) is 28.9 Å². The Morgan fingerprint density at radius 2 is 2.04 bits per heavy atom. The van der Waals surface area contributed by atoms with Crippen LogP contribution in [0.3, 0.4) is 0 Å². The van der Waals surface area contributed by atoms with Gasteiger partial charge in [0.1, 0.15) is 6.04 Å². The monoisotopic (exact) mass is 328 g/mol. The van der Waals surface area contributed by atoms with Gasteiger partial charge in [0, 0.05) is 38.9 Å². The number of imide groups is 1. The normalized spacial score (nSPS) is 24.3. The lowest BCUT2D eigenvalue weighted by molar-refractivity contribution is -0.129. The maximum atomic E-state index is 12.4. The summed E-state index contributed by atoms with van der Waals surface area (Å²) in [6.45, 7) is 5.14. The van der Waals surface area contributed by atoms with Gasteiger partial charge in [-0.25, -0.2) is 4.79 Å². The van der Waals surface area contributed by atoms with Gasteiger partial charge >= 0.3 is 6.03 Å². The van der Waals surface area contributed by atoms with E-state index < -0.39 is 0 Å². The molecule has 0 N–H and O–H groups in total. The molecule has 2 fully saturated rings. The summed E-state index contributed by atoms with van der Waals surface area (Å²) < 4.78 is 0. The molecule has 0 radical (unpaired) electrons. The molecule has 1 aromatic rings. The third-order valence-electron chi connectivity index (χ3n) is 5.55. The molecule has 3 heterocycles. The van der Waals surface area contributed by atoms with Gasteiger partial charge in [0.2, 0.25) is 0 Å². The average Bonchev–Trinajstić information content (AvgIpc) is 2.85. The van der Waals surface area contributed by atoms with Crippen LogP contribution in [0, 0.1) is 0 Å². The molecule has 4 rings (SSSR count). The van der Waals surface area contributed by atoms with Crippen LogP contribution in [0.25, 0.3) is 0 Å². The van der Waals surface area contributed by atoms with Crippen LogP contribution in [-0.2, 0) is 24.2 Å². The van der Waals surface area contributed by atoms with E-state index in [9.17, 15) is 9.59 Å². The first-order valence-corrected chi connectivity index (χ1v) is 8.99. The lowest BCUT2D eigenvalue weighted by Crippen LogP contribution is -2.52. The number of likely N-dealkylation sites (N-methyl/N-ethyl adjacent to an activating group) is 1. The summed E-state index contributed by atoms with van der Waals surface area (Å²) >= 11 is 0. The second-order valence-electron chi connectivity index (χ2n) is 6.91. The van der Waals surface area contributed by atoms with Crippen molar-refractivity contribution in [2.75, 3.05) is 26.2 Å². The van der Waals surface area contributed by atoms with E-state index in [0.29, 0.717) is 19.6 Å². The lowest BCUT2D eigenvalue weighted by atomic mass is 9.91. The standard InChI is InChI=1S/C18H24N4O2/c1-2-21-17(23)16-12-20(9-10-22(16)18(21)24)11-15-14-6-4-3-5-13(14)7-8-19-15/h7-8,16H,2-6,9-12H2,1H3. The second kappa shape index (κ2) is 6.16. The summed E-state index contributed by atoms with van der Waals surface area (Å²) in [5, 5.41) is 0. The van der Waals surface area contributed by atoms with Crippen LogP contribution in [-0.4, -0.2) is 63.8 Å². The van der Waals surface area contributed by atoms with E-state index in [1.54, 1.807) is 4.90 Å². The number of fused-ring (bicyclic) bond motifs is 2. The number of amides is 3. The van der Waals surface area contributed by atoms with Gasteiger partial charge in [0.05, 0.1) is 5.69 Å². The van der Waals surface area contributed by atoms with Crippen LogP contribution in [0.15, 0.2) is 12.3 Å². The molecule has 1 unspecified atom stereocenters. The molecule has 1 aliphatic carbocycles. The highest BCUT2D eigenvalue weighted by Crippen LogP contribution is 2.26. The molecule has 2 aliphatic heterocycles. The number of pyridine rings is 1. The first-order chi connectivity index (χ1) is 11.7. The molecule has 3 amide bonds. The SMILES string of the molecule is CCN1C(=O)C2CN(Cc3nccc4c3CCCC4)CCN2C1=O. The molecule has 0 aromatic carbocycles. The first-order valence-electron chi connectivity index (χ1n) is 8.99. The molecule has 128 valence electrons. The number of nitrogens with zero attached hydrogens (tertiary/aromatic N) is 4. The predicted octanol–water partition coefficient (Wildman–Crippen LogP) is 1.43. The second-order valence-corrected chi connectivity index (χ2v) is 6.91. The number of aromatic nitrogens is 1. The van der Waals surface area contributed by atoms with E-state index in [4.69, 9.17) is 0 Å². The third kappa shape index (κ3) is 2.49. The molecule has 1 aromatic heterocycles. The van der Waals surface area contributed by atoms with Crippen molar-refractivity contribution in [3.63, 3.8) is 0 Å². The topological polar surface area (TPSA) is 56.8 Å². The van der Waals surface area contributed by atoms with Gasteiger partial charge in [-0.1, -0.05) is 0 Å². The fourth-order valence-electron chi connectivity index (χ4n) is 4.23. The number of piperazine rings is 1. The molecule has 6 nitrogen and oxygen atoms in total. The number of rotatable bonds is 3. The van der Waals surface area contributed by atoms with Crippen molar-refractivity contribution in [1.29, 1.82) is 0 Å².